The van der Waals surface area contributed by atoms with Gasteiger partial charge in [-0.05, 0) is 32.9 Å². The van der Waals surface area contributed by atoms with Gasteiger partial charge in [-0.2, -0.15) is 0 Å². The normalized spacial score (nSPS) is 10.4. The Morgan fingerprint density at radius 2 is 2.05 bits per heavy atom. The van der Waals surface area contributed by atoms with Gasteiger partial charge < -0.3 is 16.0 Å². The minimum atomic E-state index is -0.338. The Labute approximate surface area is 124 Å². The Bertz CT molecular complexity index is 483. The van der Waals surface area contributed by atoms with E-state index < -0.39 is 0 Å². The molecule has 0 fully saturated rings. The Hall–Kier alpha value is -1.75. The number of nitrogens with two attached hydrogens (primary N) is 1. The molecule has 3 N–H and O–H groups in total. The highest BCUT2D eigenvalue weighted by Crippen LogP contribution is 2.23. The van der Waals surface area contributed by atoms with Gasteiger partial charge in [0.05, 0.1) is 17.1 Å². The van der Waals surface area contributed by atoms with Crippen molar-refractivity contribution in [1.29, 1.82) is 0 Å². The van der Waals surface area contributed by atoms with Crippen molar-refractivity contribution in [1.82, 2.24) is 10.2 Å². The van der Waals surface area contributed by atoms with E-state index in [2.05, 4.69) is 5.32 Å². The van der Waals surface area contributed by atoms with E-state index in [1.54, 1.807) is 25.1 Å². The minimum absolute atomic E-state index is 0.0157. The fourth-order valence-electron chi connectivity index (χ4n) is 1.79. The Morgan fingerprint density at radius 3 is 2.55 bits per heavy atom. The van der Waals surface area contributed by atoms with Crippen LogP contribution in [0, 0.1) is 0 Å². The van der Waals surface area contributed by atoms with E-state index in [0.29, 0.717) is 12.2 Å². The summed E-state index contributed by atoms with van der Waals surface area (Å²) in [6.45, 7) is 5.91. The van der Waals surface area contributed by atoms with Crippen molar-refractivity contribution >= 4 is 29.1 Å². The van der Waals surface area contributed by atoms with E-state index in [1.807, 2.05) is 13.8 Å². The molecule has 110 valence electrons. The molecule has 1 rings (SSSR count). The van der Waals surface area contributed by atoms with Gasteiger partial charge >= 0.3 is 0 Å². The lowest BCUT2D eigenvalue weighted by molar-refractivity contribution is -0.122. The van der Waals surface area contributed by atoms with Gasteiger partial charge in [0.15, 0.2) is 0 Å². The number of benzene rings is 1. The highest BCUT2D eigenvalue weighted by Gasteiger charge is 2.21. The molecule has 2 amide bonds. The fourth-order valence-corrected chi connectivity index (χ4v) is 2.06. The molecule has 5 nitrogen and oxygen atoms in total. The lowest BCUT2D eigenvalue weighted by atomic mass is 10.1. The Kier molecular flexibility index (Phi) is 5.82. The third-order valence-corrected chi connectivity index (χ3v) is 3.03. The summed E-state index contributed by atoms with van der Waals surface area (Å²) in [6, 6.07) is 4.92. The molecule has 0 aliphatic rings. The first kappa shape index (κ1) is 16.3. The van der Waals surface area contributed by atoms with Crippen LogP contribution < -0.4 is 11.1 Å². The van der Waals surface area contributed by atoms with Crippen LogP contribution >= 0.6 is 11.6 Å². The maximum atomic E-state index is 12.4. The maximum absolute atomic E-state index is 12.4. The average molecular weight is 298 g/mol. The van der Waals surface area contributed by atoms with Crippen LogP contribution in [0.3, 0.4) is 0 Å². The van der Waals surface area contributed by atoms with Crippen LogP contribution in [0.4, 0.5) is 5.69 Å². The molecule has 0 heterocycles. The Balaban J connectivity index is 2.90. The second-order valence-electron chi connectivity index (χ2n) is 4.75. The number of nitrogens with zero attached hydrogens (tertiary/aromatic N) is 1. The van der Waals surface area contributed by atoms with Crippen LogP contribution in [0.1, 0.15) is 31.1 Å². The highest BCUT2D eigenvalue weighted by atomic mass is 35.5. The number of nitrogens with one attached hydrogen (secondary N) is 1. The van der Waals surface area contributed by atoms with Crippen LogP contribution in [0.5, 0.6) is 0 Å². The molecule has 0 aliphatic carbocycles. The van der Waals surface area contributed by atoms with Gasteiger partial charge in [-0.1, -0.05) is 17.7 Å². The van der Waals surface area contributed by atoms with E-state index in [0.717, 1.165) is 0 Å². The average Bonchev–Trinajstić information content (AvgIpc) is 2.34. The van der Waals surface area contributed by atoms with Crippen molar-refractivity contribution in [3.8, 4) is 0 Å². The standard InChI is InChI=1S/C14H20ClN3O2/c1-4-18(8-12(19)17-9(2)3)14(20)13-10(15)6-5-7-11(13)16/h5-7,9H,4,8,16H2,1-3H3,(H,17,19). The van der Waals surface area contributed by atoms with E-state index in [-0.39, 0.29) is 35.0 Å². The fraction of sp³-hybridized carbons (Fsp3) is 0.429. The molecule has 0 aliphatic heterocycles. The first-order chi connectivity index (χ1) is 9.36. The first-order valence-electron chi connectivity index (χ1n) is 6.49. The number of hydrogen-bond donors (Lipinski definition) is 2. The predicted octanol–water partition coefficient (Wildman–Crippen LogP) is 1.91. The van der Waals surface area contributed by atoms with E-state index in [9.17, 15) is 9.59 Å². The Morgan fingerprint density at radius 1 is 1.40 bits per heavy atom. The van der Waals surface area contributed by atoms with Crippen molar-refractivity contribution in [2.24, 2.45) is 0 Å². The number of hydrogen-bond acceptors (Lipinski definition) is 3. The number of likely N-dealkylation sites (N-methyl/N-ethyl adjacent to an activating group) is 1. The molecule has 1 aromatic rings. The molecule has 0 spiro atoms. The summed E-state index contributed by atoms with van der Waals surface area (Å²) in [5, 5.41) is 3.04. The van der Waals surface area contributed by atoms with Gasteiger partial charge in [0.2, 0.25) is 5.91 Å². The summed E-state index contributed by atoms with van der Waals surface area (Å²) in [5.74, 6) is -0.546. The molecular formula is C14H20ClN3O2. The van der Waals surface area contributed by atoms with Crippen molar-refractivity contribution < 1.29 is 9.59 Å². The summed E-state index contributed by atoms with van der Waals surface area (Å²) in [6.07, 6.45) is 0. The van der Waals surface area contributed by atoms with Gasteiger partial charge in [0, 0.05) is 18.3 Å². The SMILES string of the molecule is CCN(CC(=O)NC(C)C)C(=O)c1c(N)cccc1Cl. The number of amides is 2. The summed E-state index contributed by atoms with van der Waals surface area (Å²) < 4.78 is 0. The van der Waals surface area contributed by atoms with Gasteiger partial charge in [-0.3, -0.25) is 9.59 Å². The highest BCUT2D eigenvalue weighted by molar-refractivity contribution is 6.34. The van der Waals surface area contributed by atoms with E-state index in [1.165, 1.54) is 4.90 Å². The van der Waals surface area contributed by atoms with Gasteiger partial charge in [0.1, 0.15) is 0 Å². The van der Waals surface area contributed by atoms with Crippen molar-refractivity contribution in [2.75, 3.05) is 18.8 Å². The molecule has 0 saturated carbocycles. The van der Waals surface area contributed by atoms with E-state index in [4.69, 9.17) is 17.3 Å². The number of carbonyl (C=O) groups is 2. The predicted molar refractivity (Wildman–Crippen MR) is 80.7 cm³/mol. The molecule has 6 heteroatoms. The molecule has 0 radical (unpaired) electrons. The van der Waals surface area contributed by atoms with Crippen LogP contribution in [-0.2, 0) is 4.79 Å². The zero-order valence-electron chi connectivity index (χ0n) is 11.9. The van der Waals surface area contributed by atoms with Gasteiger partial charge in [-0.25, -0.2) is 0 Å². The molecule has 0 bridgehead atoms. The number of halogens is 1. The molecule has 1 aromatic carbocycles. The van der Waals surface area contributed by atoms with Crippen LogP contribution in [-0.4, -0.2) is 35.8 Å². The quantitative estimate of drug-likeness (QED) is 0.815. The zero-order chi connectivity index (χ0) is 15.3. The lowest BCUT2D eigenvalue weighted by Gasteiger charge is -2.22. The van der Waals surface area contributed by atoms with E-state index >= 15 is 0 Å². The van der Waals surface area contributed by atoms with Crippen molar-refractivity contribution in [3.05, 3.63) is 28.8 Å². The summed E-state index contributed by atoms with van der Waals surface area (Å²) in [7, 11) is 0. The number of anilines is 1. The van der Waals surface area contributed by atoms with Crippen molar-refractivity contribution in [3.63, 3.8) is 0 Å². The maximum Gasteiger partial charge on any atom is 0.257 e. The lowest BCUT2D eigenvalue weighted by Crippen LogP contribution is -2.42. The third kappa shape index (κ3) is 4.13. The van der Waals surface area contributed by atoms with Gasteiger partial charge in [0.25, 0.3) is 5.91 Å². The molecule has 0 aromatic heterocycles. The molecule has 20 heavy (non-hydrogen) atoms. The largest absolute Gasteiger partial charge is 0.398 e. The van der Waals surface area contributed by atoms with Crippen molar-refractivity contribution in [2.45, 2.75) is 26.8 Å². The second kappa shape index (κ2) is 7.14. The summed E-state index contributed by atoms with van der Waals surface area (Å²) >= 11 is 6.02. The molecule has 0 unspecified atom stereocenters. The third-order valence-electron chi connectivity index (χ3n) is 2.71. The first-order valence-corrected chi connectivity index (χ1v) is 6.87. The number of carbonyl (C=O) groups excluding carboxylic acids is 2. The topological polar surface area (TPSA) is 75.4 Å². The monoisotopic (exact) mass is 297 g/mol. The van der Waals surface area contributed by atoms with Gasteiger partial charge in [-0.15, -0.1) is 0 Å². The van der Waals surface area contributed by atoms with Crippen LogP contribution in [0.2, 0.25) is 5.02 Å². The number of nitrogen functional groups attached to an aromatic ring is 1. The minimum Gasteiger partial charge on any atom is -0.398 e. The second-order valence-corrected chi connectivity index (χ2v) is 5.15. The van der Waals surface area contributed by atoms with Crippen LogP contribution in [0.25, 0.3) is 0 Å². The van der Waals surface area contributed by atoms with Crippen LogP contribution in [0.15, 0.2) is 18.2 Å². The molecule has 0 atom stereocenters. The summed E-state index contributed by atoms with van der Waals surface area (Å²) in [4.78, 5) is 25.6. The zero-order valence-corrected chi connectivity index (χ0v) is 12.7. The molecule has 0 saturated heterocycles. The summed E-state index contributed by atoms with van der Waals surface area (Å²) in [5.41, 5.74) is 6.35. The smallest absolute Gasteiger partial charge is 0.257 e. The molecular weight excluding hydrogens is 278 g/mol. The number of rotatable bonds is 5.